The van der Waals surface area contributed by atoms with Crippen LogP contribution < -0.4 is 10.3 Å². The molecule has 0 radical (unpaired) electrons. The number of hydrogen-bond acceptors (Lipinski definition) is 6. The van der Waals surface area contributed by atoms with E-state index in [2.05, 4.69) is 21.7 Å². The van der Waals surface area contributed by atoms with Crippen LogP contribution in [0, 0.1) is 17.7 Å². The van der Waals surface area contributed by atoms with Gasteiger partial charge in [0.2, 0.25) is 0 Å². The number of halogens is 1. The summed E-state index contributed by atoms with van der Waals surface area (Å²) in [4.78, 5) is 20.4. The minimum Gasteiger partial charge on any atom is -0.489 e. The maximum Gasteiger partial charge on any atom is 0.275 e. The quantitative estimate of drug-likeness (QED) is 0.529. The molecule has 0 saturated carbocycles. The van der Waals surface area contributed by atoms with Gasteiger partial charge in [-0.3, -0.25) is 14.3 Å². The highest BCUT2D eigenvalue weighted by molar-refractivity contribution is 7.19. The molecular weight excluding hydrogens is 429 g/mol. The van der Waals surface area contributed by atoms with Gasteiger partial charge in [-0.2, -0.15) is 0 Å². The van der Waals surface area contributed by atoms with Gasteiger partial charge in [0.25, 0.3) is 5.56 Å². The number of fused-ring (bicyclic) bond motifs is 1. The largest absolute Gasteiger partial charge is 0.489 e. The molecule has 32 heavy (non-hydrogen) atoms. The number of aromatic nitrogens is 2. The van der Waals surface area contributed by atoms with Gasteiger partial charge < -0.3 is 9.47 Å². The summed E-state index contributed by atoms with van der Waals surface area (Å²) in [6.45, 7) is 7.10. The van der Waals surface area contributed by atoms with Crippen LogP contribution in [0.15, 0.2) is 35.4 Å². The molecule has 168 valence electrons. The molecule has 0 atom stereocenters. The highest BCUT2D eigenvalue weighted by Crippen LogP contribution is 2.23. The fourth-order valence-electron chi connectivity index (χ4n) is 3.47. The Morgan fingerprint density at radius 2 is 2.03 bits per heavy atom. The molecule has 8 heteroatoms. The summed E-state index contributed by atoms with van der Waals surface area (Å²) >= 11 is 1.27. The molecule has 0 aliphatic carbocycles. The van der Waals surface area contributed by atoms with Crippen molar-refractivity contribution in [2.24, 2.45) is 0 Å². The Hall–Kier alpha value is -2.73. The highest BCUT2D eigenvalue weighted by Gasteiger charge is 2.15. The number of likely N-dealkylation sites (tertiary alicyclic amines) is 1. The van der Waals surface area contributed by atoms with E-state index in [1.54, 1.807) is 25.3 Å². The molecule has 3 heterocycles. The fourth-order valence-corrected chi connectivity index (χ4v) is 4.36. The first-order chi connectivity index (χ1) is 15.4. The first kappa shape index (κ1) is 22.5. The lowest BCUT2D eigenvalue weighted by molar-refractivity contribution is 0.0742. The maximum atomic E-state index is 14.6. The van der Waals surface area contributed by atoms with Crippen molar-refractivity contribution >= 4 is 21.6 Å². The number of rotatable bonds is 6. The van der Waals surface area contributed by atoms with Crippen molar-refractivity contribution in [1.82, 2.24) is 14.5 Å². The van der Waals surface area contributed by atoms with Crippen LogP contribution in [0.4, 0.5) is 4.39 Å². The van der Waals surface area contributed by atoms with Crippen molar-refractivity contribution in [3.8, 4) is 23.3 Å². The van der Waals surface area contributed by atoms with E-state index in [0.29, 0.717) is 22.5 Å². The van der Waals surface area contributed by atoms with Gasteiger partial charge in [0.1, 0.15) is 23.2 Å². The van der Waals surface area contributed by atoms with E-state index in [4.69, 9.17) is 9.47 Å². The summed E-state index contributed by atoms with van der Waals surface area (Å²) in [7, 11) is 1.60. The van der Waals surface area contributed by atoms with E-state index in [1.165, 1.54) is 41.1 Å². The SMILES string of the molecule is COC(C)(C)C#Cc1cc2ncn(-c3ccc(OCCN4CCCC4)c(F)c3)c(=O)c2s1. The van der Waals surface area contributed by atoms with E-state index >= 15 is 0 Å². The third-order valence-electron chi connectivity index (χ3n) is 5.49. The zero-order chi connectivity index (χ0) is 22.7. The number of benzene rings is 1. The average molecular weight is 456 g/mol. The van der Waals surface area contributed by atoms with E-state index in [-0.39, 0.29) is 11.3 Å². The fraction of sp³-hybridized carbons (Fsp3) is 0.417. The molecule has 0 spiro atoms. The summed E-state index contributed by atoms with van der Waals surface area (Å²) < 4.78 is 27.4. The van der Waals surface area contributed by atoms with Crippen molar-refractivity contribution in [2.75, 3.05) is 33.4 Å². The Morgan fingerprint density at radius 3 is 2.75 bits per heavy atom. The van der Waals surface area contributed by atoms with Gasteiger partial charge in [0.05, 0.1) is 16.1 Å². The van der Waals surface area contributed by atoms with Crippen LogP contribution in [0.5, 0.6) is 5.75 Å². The molecule has 1 aliphatic rings. The van der Waals surface area contributed by atoms with Crippen LogP contribution >= 0.6 is 11.3 Å². The van der Waals surface area contributed by atoms with E-state index < -0.39 is 11.4 Å². The van der Waals surface area contributed by atoms with E-state index in [9.17, 15) is 9.18 Å². The first-order valence-corrected chi connectivity index (χ1v) is 11.4. The lowest BCUT2D eigenvalue weighted by Gasteiger charge is -2.15. The summed E-state index contributed by atoms with van der Waals surface area (Å²) in [6, 6.07) is 6.31. The predicted octanol–water partition coefficient (Wildman–Crippen LogP) is 3.84. The lowest BCUT2D eigenvalue weighted by Crippen LogP contribution is -2.25. The summed E-state index contributed by atoms with van der Waals surface area (Å²) in [5.41, 5.74) is 0.120. The molecule has 1 aromatic carbocycles. The van der Waals surface area contributed by atoms with Crippen molar-refractivity contribution in [2.45, 2.75) is 32.3 Å². The van der Waals surface area contributed by atoms with Crippen LogP contribution in [0.25, 0.3) is 15.9 Å². The first-order valence-electron chi connectivity index (χ1n) is 10.6. The number of thiophene rings is 1. The summed E-state index contributed by atoms with van der Waals surface area (Å²) in [5, 5.41) is 0. The third kappa shape index (κ3) is 5.01. The molecule has 0 bridgehead atoms. The Morgan fingerprint density at radius 1 is 1.25 bits per heavy atom. The molecule has 1 saturated heterocycles. The average Bonchev–Trinajstić information content (AvgIpc) is 3.44. The third-order valence-corrected chi connectivity index (χ3v) is 6.52. The van der Waals surface area contributed by atoms with E-state index in [0.717, 1.165) is 24.5 Å². The summed E-state index contributed by atoms with van der Waals surface area (Å²) in [5.74, 6) is 5.76. The normalized spacial score (nSPS) is 14.5. The van der Waals surface area contributed by atoms with Gasteiger partial charge in [0, 0.05) is 19.7 Å². The lowest BCUT2D eigenvalue weighted by atomic mass is 10.1. The van der Waals surface area contributed by atoms with Crippen molar-refractivity contribution < 1.29 is 13.9 Å². The second-order valence-electron chi connectivity index (χ2n) is 8.22. The van der Waals surface area contributed by atoms with Crippen LogP contribution in [0.2, 0.25) is 0 Å². The van der Waals surface area contributed by atoms with Crippen LogP contribution in [0.1, 0.15) is 31.6 Å². The van der Waals surface area contributed by atoms with Crippen LogP contribution in [0.3, 0.4) is 0 Å². The molecule has 6 nitrogen and oxygen atoms in total. The number of ether oxygens (including phenoxy) is 2. The standard InChI is InChI=1S/C24H26FN3O3S/c1-24(2,30-3)9-8-18-15-20-22(32-18)23(29)28(16-26-20)17-6-7-21(19(25)14-17)31-13-12-27-10-4-5-11-27/h6-7,14-16H,4-5,10-13H2,1-3H3. The molecule has 0 unspecified atom stereocenters. The zero-order valence-electron chi connectivity index (χ0n) is 18.5. The molecular formula is C24H26FN3O3S. The topological polar surface area (TPSA) is 56.6 Å². The Balaban J connectivity index is 1.54. The second-order valence-corrected chi connectivity index (χ2v) is 9.27. The van der Waals surface area contributed by atoms with Crippen LogP contribution in [-0.2, 0) is 4.74 Å². The Labute approximate surface area is 190 Å². The number of hydrogen-bond donors (Lipinski definition) is 0. The molecule has 4 rings (SSSR count). The molecule has 0 amide bonds. The van der Waals surface area contributed by atoms with Gasteiger partial charge >= 0.3 is 0 Å². The molecule has 1 fully saturated rings. The minimum atomic E-state index is -0.584. The van der Waals surface area contributed by atoms with Gasteiger partial charge in [0.15, 0.2) is 11.6 Å². The van der Waals surface area contributed by atoms with Gasteiger partial charge in [-0.05, 0) is 58.0 Å². The smallest absolute Gasteiger partial charge is 0.275 e. The molecule has 1 aliphatic heterocycles. The van der Waals surface area contributed by atoms with Crippen LogP contribution in [-0.4, -0.2) is 53.4 Å². The zero-order valence-corrected chi connectivity index (χ0v) is 19.3. The molecule has 0 N–H and O–H groups in total. The number of methoxy groups -OCH3 is 1. The maximum absolute atomic E-state index is 14.6. The Bertz CT molecular complexity index is 1230. The second kappa shape index (κ2) is 9.41. The van der Waals surface area contributed by atoms with E-state index in [1.807, 2.05) is 13.8 Å². The van der Waals surface area contributed by atoms with Crippen molar-refractivity contribution in [3.05, 3.63) is 51.6 Å². The van der Waals surface area contributed by atoms with Crippen molar-refractivity contribution in [1.29, 1.82) is 0 Å². The predicted molar refractivity (Wildman–Crippen MR) is 124 cm³/mol. The monoisotopic (exact) mass is 455 g/mol. The van der Waals surface area contributed by atoms with Gasteiger partial charge in [-0.25, -0.2) is 9.37 Å². The van der Waals surface area contributed by atoms with Gasteiger partial charge in [-0.1, -0.05) is 11.8 Å². The Kier molecular flexibility index (Phi) is 6.60. The van der Waals surface area contributed by atoms with Crippen molar-refractivity contribution in [3.63, 3.8) is 0 Å². The minimum absolute atomic E-state index is 0.185. The highest BCUT2D eigenvalue weighted by atomic mass is 32.1. The molecule has 3 aromatic rings. The molecule has 2 aromatic heterocycles. The van der Waals surface area contributed by atoms with Gasteiger partial charge in [-0.15, -0.1) is 11.3 Å². The number of nitrogens with zero attached hydrogens (tertiary/aromatic N) is 3. The summed E-state index contributed by atoms with van der Waals surface area (Å²) in [6.07, 6.45) is 3.83.